The molecule has 8 nitrogen and oxygen atoms in total. The van der Waals surface area contributed by atoms with E-state index in [1.165, 1.54) is 16.4 Å². The standard InChI is InChI=1S/C24H23FN4O4S/c25-19-4-6-21(7-5-19)34(31,32)29-11-10-28-15-24(30)27-22-12-17(18-2-1-9-26-13-18)3-8-23(22)33-16-20(28)14-29/h1-9,12-13,20H,10-11,14-16H2,(H,27,30)/t20-/m0/s1. The molecule has 1 saturated heterocycles. The Morgan fingerprint density at radius 2 is 1.88 bits per heavy atom. The van der Waals surface area contributed by atoms with Crippen LogP contribution in [0.1, 0.15) is 0 Å². The summed E-state index contributed by atoms with van der Waals surface area (Å²) >= 11 is 0. The van der Waals surface area contributed by atoms with Gasteiger partial charge >= 0.3 is 0 Å². The van der Waals surface area contributed by atoms with Crippen LogP contribution in [0.15, 0.2) is 71.9 Å². The van der Waals surface area contributed by atoms with Crippen LogP contribution in [0.3, 0.4) is 0 Å². The number of pyridine rings is 1. The highest BCUT2D eigenvalue weighted by molar-refractivity contribution is 7.89. The number of nitrogens with one attached hydrogen (secondary N) is 1. The summed E-state index contributed by atoms with van der Waals surface area (Å²) in [5.74, 6) is -0.180. The minimum absolute atomic E-state index is 0.0392. The van der Waals surface area contributed by atoms with Gasteiger partial charge in [0.05, 0.1) is 23.2 Å². The molecule has 2 aliphatic rings. The summed E-state index contributed by atoms with van der Waals surface area (Å²) in [6.07, 6.45) is 3.44. The third-order valence-corrected chi connectivity index (χ3v) is 7.92. The zero-order valence-electron chi connectivity index (χ0n) is 18.2. The quantitative estimate of drug-likeness (QED) is 0.617. The monoisotopic (exact) mass is 482 g/mol. The summed E-state index contributed by atoms with van der Waals surface area (Å²) in [6, 6.07) is 13.8. The van der Waals surface area contributed by atoms with E-state index in [4.69, 9.17) is 4.74 Å². The molecule has 2 aromatic carbocycles. The number of rotatable bonds is 3. The summed E-state index contributed by atoms with van der Waals surface area (Å²) in [7, 11) is -3.79. The van der Waals surface area contributed by atoms with E-state index in [9.17, 15) is 17.6 Å². The van der Waals surface area contributed by atoms with E-state index in [1.54, 1.807) is 18.5 Å². The highest BCUT2D eigenvalue weighted by atomic mass is 32.2. The molecule has 0 bridgehead atoms. The molecule has 1 N–H and O–H groups in total. The van der Waals surface area contributed by atoms with Crippen molar-refractivity contribution in [2.24, 2.45) is 0 Å². The van der Waals surface area contributed by atoms with Gasteiger partial charge in [0, 0.05) is 37.6 Å². The van der Waals surface area contributed by atoms with E-state index >= 15 is 0 Å². The van der Waals surface area contributed by atoms with Gasteiger partial charge in [0.25, 0.3) is 0 Å². The van der Waals surface area contributed by atoms with Gasteiger partial charge in [0.2, 0.25) is 15.9 Å². The molecule has 34 heavy (non-hydrogen) atoms. The van der Waals surface area contributed by atoms with Crippen LogP contribution in [0.4, 0.5) is 10.1 Å². The normalized spacial score (nSPS) is 19.6. The van der Waals surface area contributed by atoms with Crippen molar-refractivity contribution in [1.82, 2.24) is 14.2 Å². The zero-order chi connectivity index (χ0) is 23.7. The molecular weight excluding hydrogens is 459 g/mol. The maximum absolute atomic E-state index is 13.3. The van der Waals surface area contributed by atoms with E-state index < -0.39 is 15.8 Å². The number of anilines is 1. The number of sulfonamides is 1. The summed E-state index contributed by atoms with van der Waals surface area (Å²) in [5.41, 5.74) is 2.37. The summed E-state index contributed by atoms with van der Waals surface area (Å²) < 4.78 is 46.9. The second-order valence-corrected chi connectivity index (χ2v) is 10.2. The van der Waals surface area contributed by atoms with Crippen molar-refractivity contribution >= 4 is 21.6 Å². The number of nitrogens with zero attached hydrogens (tertiary/aromatic N) is 3. The number of ether oxygens (including phenoxy) is 1. The van der Waals surface area contributed by atoms with Crippen molar-refractivity contribution in [3.63, 3.8) is 0 Å². The fourth-order valence-corrected chi connectivity index (χ4v) is 5.70. The molecule has 1 aromatic heterocycles. The number of piperazine rings is 1. The molecule has 0 spiro atoms. The van der Waals surface area contributed by atoms with Crippen LogP contribution >= 0.6 is 0 Å². The third-order valence-electron chi connectivity index (χ3n) is 6.05. The Hall–Kier alpha value is -3.34. The van der Waals surface area contributed by atoms with E-state index in [0.29, 0.717) is 18.0 Å². The summed E-state index contributed by atoms with van der Waals surface area (Å²) in [4.78, 5) is 18.9. The van der Waals surface area contributed by atoms with Gasteiger partial charge in [0.1, 0.15) is 18.2 Å². The van der Waals surface area contributed by atoms with Gasteiger partial charge in [0.15, 0.2) is 0 Å². The summed E-state index contributed by atoms with van der Waals surface area (Å²) in [5, 5.41) is 2.92. The van der Waals surface area contributed by atoms with Gasteiger partial charge in [-0.05, 0) is 48.0 Å². The smallest absolute Gasteiger partial charge is 0.243 e. The van der Waals surface area contributed by atoms with Crippen LogP contribution in [0.25, 0.3) is 11.1 Å². The van der Waals surface area contributed by atoms with Gasteiger partial charge in [-0.1, -0.05) is 12.1 Å². The Morgan fingerprint density at radius 3 is 2.65 bits per heavy atom. The Morgan fingerprint density at radius 1 is 1.06 bits per heavy atom. The lowest BCUT2D eigenvalue weighted by Gasteiger charge is -2.39. The van der Waals surface area contributed by atoms with Crippen LogP contribution in [0, 0.1) is 5.82 Å². The molecule has 0 unspecified atom stereocenters. The largest absolute Gasteiger partial charge is 0.490 e. The number of fused-ring (bicyclic) bond motifs is 2. The van der Waals surface area contributed by atoms with Crippen molar-refractivity contribution in [2.45, 2.75) is 10.9 Å². The van der Waals surface area contributed by atoms with E-state index in [-0.39, 0.29) is 43.1 Å². The van der Waals surface area contributed by atoms with Gasteiger partial charge in [-0.3, -0.25) is 14.7 Å². The Bertz CT molecular complexity index is 1300. The molecule has 1 fully saturated rings. The second kappa shape index (κ2) is 9.13. The number of halogens is 1. The average Bonchev–Trinajstić information content (AvgIpc) is 2.91. The van der Waals surface area contributed by atoms with Crippen LogP contribution in [-0.4, -0.2) is 67.3 Å². The predicted molar refractivity (Wildman–Crippen MR) is 124 cm³/mol. The Labute approximate surface area is 197 Å². The minimum Gasteiger partial charge on any atom is -0.490 e. The summed E-state index contributed by atoms with van der Waals surface area (Å²) in [6.45, 7) is 1.09. The number of carbonyl (C=O) groups is 1. The van der Waals surface area contributed by atoms with Crippen LogP contribution in [0.2, 0.25) is 0 Å². The molecule has 2 aliphatic heterocycles. The molecule has 1 atom stereocenters. The predicted octanol–water partition coefficient (Wildman–Crippen LogP) is 2.59. The molecule has 0 saturated carbocycles. The highest BCUT2D eigenvalue weighted by Crippen LogP contribution is 2.32. The second-order valence-electron chi connectivity index (χ2n) is 8.25. The lowest BCUT2D eigenvalue weighted by molar-refractivity contribution is -0.118. The van der Waals surface area contributed by atoms with Crippen molar-refractivity contribution in [3.05, 3.63) is 72.8 Å². The van der Waals surface area contributed by atoms with Crippen molar-refractivity contribution in [2.75, 3.05) is 38.1 Å². The number of hydrogen-bond donors (Lipinski definition) is 1. The van der Waals surface area contributed by atoms with E-state index in [0.717, 1.165) is 23.3 Å². The Balaban J connectivity index is 1.38. The molecular formula is C24H23FN4O4S. The van der Waals surface area contributed by atoms with E-state index in [1.807, 2.05) is 29.2 Å². The maximum atomic E-state index is 13.3. The Kier molecular flexibility index (Phi) is 6.03. The van der Waals surface area contributed by atoms with E-state index in [2.05, 4.69) is 10.3 Å². The van der Waals surface area contributed by atoms with Crippen molar-refractivity contribution < 1.29 is 22.3 Å². The number of benzene rings is 2. The van der Waals surface area contributed by atoms with Gasteiger partial charge in [-0.25, -0.2) is 12.8 Å². The first-order chi connectivity index (χ1) is 16.4. The fourth-order valence-electron chi connectivity index (χ4n) is 4.23. The number of hydrogen-bond acceptors (Lipinski definition) is 6. The number of aromatic nitrogens is 1. The van der Waals surface area contributed by atoms with Crippen LogP contribution < -0.4 is 10.1 Å². The molecule has 0 radical (unpaired) electrons. The van der Waals surface area contributed by atoms with Crippen LogP contribution in [0.5, 0.6) is 5.75 Å². The van der Waals surface area contributed by atoms with Gasteiger partial charge < -0.3 is 10.1 Å². The first-order valence-electron chi connectivity index (χ1n) is 10.9. The molecule has 176 valence electrons. The van der Waals surface area contributed by atoms with Crippen molar-refractivity contribution in [1.29, 1.82) is 0 Å². The zero-order valence-corrected chi connectivity index (χ0v) is 19.0. The molecule has 3 aromatic rings. The number of amides is 1. The van der Waals surface area contributed by atoms with Crippen molar-refractivity contribution in [3.8, 4) is 16.9 Å². The minimum atomic E-state index is -3.79. The lowest BCUT2D eigenvalue weighted by Crippen LogP contribution is -2.57. The maximum Gasteiger partial charge on any atom is 0.243 e. The highest BCUT2D eigenvalue weighted by Gasteiger charge is 2.36. The SMILES string of the molecule is O=C1CN2CCN(S(=O)(=O)c3ccc(F)cc3)C[C@H]2COc2ccc(-c3cccnc3)cc2N1. The number of carbonyl (C=O) groups excluding carboxylic acids is 1. The topological polar surface area (TPSA) is 91.8 Å². The van der Waals surface area contributed by atoms with Gasteiger partial charge in [-0.2, -0.15) is 4.31 Å². The van der Waals surface area contributed by atoms with Gasteiger partial charge in [-0.15, -0.1) is 0 Å². The first-order valence-corrected chi connectivity index (χ1v) is 12.3. The fraction of sp³-hybridized carbons (Fsp3) is 0.250. The van der Waals surface area contributed by atoms with Crippen LogP contribution in [-0.2, 0) is 14.8 Å². The lowest BCUT2D eigenvalue weighted by atomic mass is 10.1. The molecule has 10 heteroatoms. The third kappa shape index (κ3) is 4.52. The molecule has 3 heterocycles. The first kappa shape index (κ1) is 22.5. The average molecular weight is 483 g/mol. The molecule has 1 amide bonds. The molecule has 5 rings (SSSR count). The molecule has 0 aliphatic carbocycles.